The normalized spacial score (nSPS) is 9.62. The van der Waals surface area contributed by atoms with Crippen LogP contribution in [0.1, 0.15) is 17.5 Å². The standard InChI is InChI=1S/C7H7NO5/c1-2-12-7(9)5-3-4-6(13-5)8(10)11/h3-4H,2H2,1H3. The van der Waals surface area contributed by atoms with Crippen molar-refractivity contribution in [3.63, 3.8) is 0 Å². The first-order valence-electron chi connectivity index (χ1n) is 3.56. The van der Waals surface area contributed by atoms with Gasteiger partial charge in [-0.2, -0.15) is 0 Å². The van der Waals surface area contributed by atoms with Crippen molar-refractivity contribution >= 4 is 11.9 Å². The summed E-state index contributed by atoms with van der Waals surface area (Å²) in [7, 11) is 0. The van der Waals surface area contributed by atoms with Crippen LogP contribution in [-0.4, -0.2) is 17.5 Å². The first-order valence-corrected chi connectivity index (χ1v) is 3.56. The van der Waals surface area contributed by atoms with Crippen molar-refractivity contribution in [2.75, 3.05) is 6.61 Å². The van der Waals surface area contributed by atoms with Crippen molar-refractivity contribution < 1.29 is 18.9 Å². The van der Waals surface area contributed by atoms with E-state index in [9.17, 15) is 14.9 Å². The fourth-order valence-electron chi connectivity index (χ4n) is 0.738. The average molecular weight is 185 g/mol. The number of esters is 1. The van der Waals surface area contributed by atoms with Crippen LogP contribution in [0.15, 0.2) is 16.5 Å². The lowest BCUT2D eigenvalue weighted by Gasteiger charge is -1.95. The van der Waals surface area contributed by atoms with E-state index in [0.29, 0.717) is 0 Å². The lowest BCUT2D eigenvalue weighted by Crippen LogP contribution is -2.02. The number of rotatable bonds is 3. The molecule has 1 heterocycles. The molecule has 0 saturated heterocycles. The molecule has 0 atom stereocenters. The highest BCUT2D eigenvalue weighted by molar-refractivity contribution is 5.86. The highest BCUT2D eigenvalue weighted by Crippen LogP contribution is 2.15. The van der Waals surface area contributed by atoms with Crippen LogP contribution in [0.5, 0.6) is 0 Å². The second kappa shape index (κ2) is 3.70. The van der Waals surface area contributed by atoms with E-state index in [1.807, 2.05) is 0 Å². The van der Waals surface area contributed by atoms with E-state index in [2.05, 4.69) is 9.15 Å². The SMILES string of the molecule is CCOC(=O)c1ccc([N+](=O)[O-])o1. The van der Waals surface area contributed by atoms with Gasteiger partial charge in [-0.1, -0.05) is 0 Å². The van der Waals surface area contributed by atoms with Gasteiger partial charge in [0.25, 0.3) is 0 Å². The van der Waals surface area contributed by atoms with Gasteiger partial charge in [-0.05, 0) is 13.0 Å². The van der Waals surface area contributed by atoms with Gasteiger partial charge in [0, 0.05) is 0 Å². The third-order valence-electron chi connectivity index (χ3n) is 1.25. The zero-order valence-corrected chi connectivity index (χ0v) is 6.85. The summed E-state index contributed by atoms with van der Waals surface area (Å²) in [6.07, 6.45) is 0. The quantitative estimate of drug-likeness (QED) is 0.403. The Morgan fingerprint density at radius 1 is 1.69 bits per heavy atom. The number of hydrogen-bond acceptors (Lipinski definition) is 5. The highest BCUT2D eigenvalue weighted by atomic mass is 16.7. The molecule has 70 valence electrons. The minimum atomic E-state index is -0.720. The molecule has 6 nitrogen and oxygen atoms in total. The molecule has 0 unspecified atom stereocenters. The molecule has 0 saturated carbocycles. The van der Waals surface area contributed by atoms with E-state index in [1.54, 1.807) is 6.92 Å². The monoisotopic (exact) mass is 185 g/mol. The van der Waals surface area contributed by atoms with Gasteiger partial charge in [-0.25, -0.2) is 4.79 Å². The molecule has 0 aliphatic carbocycles. The number of nitro groups is 1. The lowest BCUT2D eigenvalue weighted by molar-refractivity contribution is -0.402. The molecule has 0 bridgehead atoms. The molecule has 0 N–H and O–H groups in total. The molecule has 0 spiro atoms. The van der Waals surface area contributed by atoms with Crippen molar-refractivity contribution in [2.24, 2.45) is 0 Å². The van der Waals surface area contributed by atoms with Crippen LogP contribution in [-0.2, 0) is 4.74 Å². The van der Waals surface area contributed by atoms with Crippen molar-refractivity contribution in [1.29, 1.82) is 0 Å². The molecule has 1 rings (SSSR count). The molecular weight excluding hydrogens is 178 g/mol. The minimum Gasteiger partial charge on any atom is -0.460 e. The number of nitrogens with zero attached hydrogens (tertiary/aromatic N) is 1. The lowest BCUT2D eigenvalue weighted by atomic mass is 10.4. The Kier molecular flexibility index (Phi) is 2.63. The topological polar surface area (TPSA) is 82.6 Å². The number of ether oxygens (including phenoxy) is 1. The predicted molar refractivity (Wildman–Crippen MR) is 41.3 cm³/mol. The van der Waals surface area contributed by atoms with E-state index >= 15 is 0 Å². The summed E-state index contributed by atoms with van der Waals surface area (Å²) in [5, 5.41) is 10.2. The number of furan rings is 1. The van der Waals surface area contributed by atoms with Crippen LogP contribution >= 0.6 is 0 Å². The molecule has 13 heavy (non-hydrogen) atoms. The van der Waals surface area contributed by atoms with Crippen LogP contribution in [0.3, 0.4) is 0 Å². The molecule has 0 radical (unpaired) electrons. The Bertz CT molecular complexity index is 329. The first-order chi connectivity index (χ1) is 6.15. The molecule has 1 aromatic heterocycles. The van der Waals surface area contributed by atoms with E-state index in [-0.39, 0.29) is 12.4 Å². The van der Waals surface area contributed by atoms with E-state index in [1.165, 1.54) is 6.07 Å². The molecular formula is C7H7NO5. The summed E-state index contributed by atoms with van der Waals surface area (Å²) in [5.74, 6) is -1.33. The Labute approximate surface area is 73.2 Å². The molecule has 0 amide bonds. The fourth-order valence-corrected chi connectivity index (χ4v) is 0.738. The number of carbonyl (C=O) groups is 1. The van der Waals surface area contributed by atoms with Crippen molar-refractivity contribution in [2.45, 2.75) is 6.92 Å². The van der Waals surface area contributed by atoms with Crippen LogP contribution < -0.4 is 0 Å². The van der Waals surface area contributed by atoms with Crippen molar-refractivity contribution in [1.82, 2.24) is 0 Å². The summed E-state index contributed by atoms with van der Waals surface area (Å²) in [4.78, 5) is 20.4. The van der Waals surface area contributed by atoms with Crippen molar-refractivity contribution in [3.8, 4) is 0 Å². The summed E-state index contributed by atoms with van der Waals surface area (Å²) >= 11 is 0. The summed E-state index contributed by atoms with van der Waals surface area (Å²) in [6.45, 7) is 1.84. The van der Waals surface area contributed by atoms with E-state index in [0.717, 1.165) is 6.07 Å². The maximum atomic E-state index is 10.9. The Morgan fingerprint density at radius 2 is 2.38 bits per heavy atom. The molecule has 0 aliphatic heterocycles. The third-order valence-corrected chi connectivity index (χ3v) is 1.25. The van der Waals surface area contributed by atoms with Gasteiger partial charge in [0.2, 0.25) is 5.76 Å². The zero-order chi connectivity index (χ0) is 9.84. The smallest absolute Gasteiger partial charge is 0.433 e. The van der Waals surface area contributed by atoms with Crippen LogP contribution in [0.25, 0.3) is 0 Å². The van der Waals surface area contributed by atoms with Crippen LogP contribution in [0.2, 0.25) is 0 Å². The molecule has 0 aliphatic rings. The summed E-state index contributed by atoms with van der Waals surface area (Å²) < 4.78 is 9.15. The van der Waals surface area contributed by atoms with Crippen LogP contribution in [0.4, 0.5) is 5.88 Å². The second-order valence-corrected chi connectivity index (χ2v) is 2.12. The Balaban J connectivity index is 2.79. The molecule has 0 aromatic carbocycles. The van der Waals surface area contributed by atoms with Gasteiger partial charge >= 0.3 is 11.9 Å². The summed E-state index contributed by atoms with van der Waals surface area (Å²) in [5.41, 5.74) is 0. The second-order valence-electron chi connectivity index (χ2n) is 2.12. The van der Waals surface area contributed by atoms with Crippen LogP contribution in [0, 0.1) is 10.1 Å². The van der Waals surface area contributed by atoms with Gasteiger partial charge in [0.05, 0.1) is 12.7 Å². The maximum Gasteiger partial charge on any atom is 0.433 e. The average Bonchev–Trinajstić information content (AvgIpc) is 2.52. The van der Waals surface area contributed by atoms with Gasteiger partial charge in [0.15, 0.2) is 0 Å². The molecule has 6 heteroatoms. The zero-order valence-electron chi connectivity index (χ0n) is 6.85. The minimum absolute atomic E-state index is 0.159. The van der Waals surface area contributed by atoms with Gasteiger partial charge in [-0.15, -0.1) is 0 Å². The summed E-state index contributed by atoms with van der Waals surface area (Å²) in [6, 6.07) is 2.31. The fraction of sp³-hybridized carbons (Fsp3) is 0.286. The van der Waals surface area contributed by atoms with E-state index in [4.69, 9.17) is 0 Å². The van der Waals surface area contributed by atoms with Gasteiger partial charge in [-0.3, -0.25) is 10.1 Å². The highest BCUT2D eigenvalue weighted by Gasteiger charge is 2.17. The predicted octanol–water partition coefficient (Wildman–Crippen LogP) is 1.36. The molecule has 1 aromatic rings. The third kappa shape index (κ3) is 2.05. The van der Waals surface area contributed by atoms with Gasteiger partial charge in [0.1, 0.15) is 4.92 Å². The van der Waals surface area contributed by atoms with Gasteiger partial charge < -0.3 is 9.15 Å². The largest absolute Gasteiger partial charge is 0.460 e. The Morgan fingerprint density at radius 3 is 2.85 bits per heavy atom. The molecule has 0 fully saturated rings. The van der Waals surface area contributed by atoms with E-state index < -0.39 is 16.8 Å². The number of hydrogen-bond donors (Lipinski definition) is 0. The number of carbonyl (C=O) groups excluding carboxylic acids is 1. The first kappa shape index (κ1) is 9.24. The maximum absolute atomic E-state index is 10.9. The van der Waals surface area contributed by atoms with Crippen molar-refractivity contribution in [3.05, 3.63) is 28.0 Å². The Hall–Kier alpha value is -1.85.